The maximum atomic E-state index is 9.43. The van der Waals surface area contributed by atoms with Crippen LogP contribution in [0.25, 0.3) is 5.69 Å². The summed E-state index contributed by atoms with van der Waals surface area (Å²) in [7, 11) is 2.14. The van der Waals surface area contributed by atoms with Crippen LogP contribution < -0.4 is 4.90 Å². The van der Waals surface area contributed by atoms with Gasteiger partial charge in [0.05, 0.1) is 11.3 Å². The fourth-order valence-corrected chi connectivity index (χ4v) is 2.60. The molecule has 102 valence electrons. The molecule has 0 amide bonds. The molecular weight excluding hydrogens is 248 g/mol. The molecule has 3 rings (SSSR count). The predicted molar refractivity (Wildman–Crippen MR) is 80.2 cm³/mol. The molecule has 1 aromatic carbocycles. The van der Waals surface area contributed by atoms with Crippen LogP contribution in [0.5, 0.6) is 0 Å². The first kappa shape index (κ1) is 12.8. The average Bonchev–Trinajstić information content (AvgIpc) is 3.02. The Bertz CT molecular complexity index is 616. The zero-order valence-electron chi connectivity index (χ0n) is 11.7. The third kappa shape index (κ3) is 2.40. The van der Waals surface area contributed by atoms with Gasteiger partial charge in [-0.1, -0.05) is 0 Å². The lowest BCUT2D eigenvalue weighted by molar-refractivity contribution is 0.313. The monoisotopic (exact) mass is 266 g/mol. The van der Waals surface area contributed by atoms with Gasteiger partial charge < -0.3 is 14.4 Å². The summed E-state index contributed by atoms with van der Waals surface area (Å²) in [6, 6.07) is 12.4. The van der Waals surface area contributed by atoms with Crippen molar-refractivity contribution in [1.29, 1.82) is 5.26 Å². The Morgan fingerprint density at radius 2 is 1.75 bits per heavy atom. The van der Waals surface area contributed by atoms with Crippen molar-refractivity contribution in [2.24, 2.45) is 0 Å². The van der Waals surface area contributed by atoms with Crippen molar-refractivity contribution >= 4 is 5.69 Å². The summed E-state index contributed by atoms with van der Waals surface area (Å²) in [6.07, 6.45) is 3.98. The van der Waals surface area contributed by atoms with Crippen LogP contribution >= 0.6 is 0 Å². The van der Waals surface area contributed by atoms with E-state index in [2.05, 4.69) is 35.0 Å². The molecule has 2 heterocycles. The molecule has 0 radical (unpaired) electrons. The molecule has 20 heavy (non-hydrogen) atoms. The molecule has 0 N–H and O–H groups in total. The molecule has 0 aliphatic carbocycles. The number of anilines is 1. The zero-order valence-corrected chi connectivity index (χ0v) is 11.7. The van der Waals surface area contributed by atoms with Gasteiger partial charge in [-0.3, -0.25) is 0 Å². The van der Waals surface area contributed by atoms with E-state index in [0.29, 0.717) is 0 Å². The Morgan fingerprint density at radius 3 is 2.40 bits per heavy atom. The largest absolute Gasteiger partial charge is 0.368 e. The highest BCUT2D eigenvalue weighted by atomic mass is 15.2. The van der Waals surface area contributed by atoms with Gasteiger partial charge in [0.2, 0.25) is 0 Å². The number of hydrogen-bond donors (Lipinski definition) is 0. The third-order valence-corrected chi connectivity index (χ3v) is 3.85. The maximum absolute atomic E-state index is 9.43. The number of piperazine rings is 1. The second-order valence-corrected chi connectivity index (χ2v) is 5.19. The molecule has 4 heteroatoms. The Balaban J connectivity index is 1.91. The summed E-state index contributed by atoms with van der Waals surface area (Å²) in [5, 5.41) is 9.43. The summed E-state index contributed by atoms with van der Waals surface area (Å²) in [4.78, 5) is 4.62. The van der Waals surface area contributed by atoms with Gasteiger partial charge in [-0.25, -0.2) is 0 Å². The van der Waals surface area contributed by atoms with Crippen LogP contribution in [0.4, 0.5) is 5.69 Å². The first-order chi connectivity index (χ1) is 9.78. The van der Waals surface area contributed by atoms with Crippen molar-refractivity contribution in [2.75, 3.05) is 38.1 Å². The fraction of sp³-hybridized carbons (Fsp3) is 0.312. The second kappa shape index (κ2) is 5.40. The number of likely N-dealkylation sites (N-methyl/N-ethyl adjacent to an activating group) is 1. The lowest BCUT2D eigenvalue weighted by atomic mass is 10.1. The first-order valence-corrected chi connectivity index (χ1v) is 6.89. The van der Waals surface area contributed by atoms with Crippen LogP contribution in [0.15, 0.2) is 42.7 Å². The van der Waals surface area contributed by atoms with Gasteiger partial charge in [-0.05, 0) is 37.4 Å². The smallest absolute Gasteiger partial charge is 0.101 e. The molecular formula is C16H18N4. The van der Waals surface area contributed by atoms with Crippen molar-refractivity contribution in [3.8, 4) is 11.8 Å². The molecule has 1 saturated heterocycles. The molecule has 0 saturated carbocycles. The van der Waals surface area contributed by atoms with Gasteiger partial charge in [0.25, 0.3) is 0 Å². The summed E-state index contributed by atoms with van der Waals surface area (Å²) < 4.78 is 2.02. The van der Waals surface area contributed by atoms with Crippen molar-refractivity contribution in [3.05, 3.63) is 48.3 Å². The average molecular weight is 266 g/mol. The van der Waals surface area contributed by atoms with E-state index >= 15 is 0 Å². The highest BCUT2D eigenvalue weighted by molar-refractivity contribution is 5.63. The topological polar surface area (TPSA) is 35.2 Å². The fourth-order valence-electron chi connectivity index (χ4n) is 2.60. The van der Waals surface area contributed by atoms with E-state index in [-0.39, 0.29) is 0 Å². The third-order valence-electron chi connectivity index (χ3n) is 3.85. The number of nitriles is 1. The van der Waals surface area contributed by atoms with E-state index in [0.717, 1.165) is 43.1 Å². The van der Waals surface area contributed by atoms with Gasteiger partial charge in [0.1, 0.15) is 6.07 Å². The number of aromatic nitrogens is 1. The Kier molecular flexibility index (Phi) is 3.44. The van der Waals surface area contributed by atoms with E-state index in [4.69, 9.17) is 0 Å². The molecule has 0 atom stereocenters. The van der Waals surface area contributed by atoms with Crippen molar-refractivity contribution in [2.45, 2.75) is 0 Å². The van der Waals surface area contributed by atoms with E-state index in [9.17, 15) is 5.26 Å². The Hall–Kier alpha value is -2.25. The molecule has 2 aromatic rings. The van der Waals surface area contributed by atoms with Gasteiger partial charge in [0.15, 0.2) is 0 Å². The van der Waals surface area contributed by atoms with Crippen LogP contribution in [0.3, 0.4) is 0 Å². The van der Waals surface area contributed by atoms with Crippen molar-refractivity contribution < 1.29 is 0 Å². The standard InChI is InChI=1S/C16H18N4/c1-18-8-10-20(11-9-18)16-5-4-15(12-14(16)13-17)19-6-2-3-7-19/h2-7,12H,8-11H2,1H3. The van der Waals surface area contributed by atoms with Crippen LogP contribution in [0, 0.1) is 11.3 Å². The van der Waals surface area contributed by atoms with Crippen LogP contribution in [0.2, 0.25) is 0 Å². The zero-order chi connectivity index (χ0) is 13.9. The molecule has 1 fully saturated rings. The minimum absolute atomic E-state index is 0.751. The van der Waals surface area contributed by atoms with Gasteiger partial charge in [0, 0.05) is 44.3 Å². The summed E-state index contributed by atoms with van der Waals surface area (Å²) in [5.74, 6) is 0. The summed E-state index contributed by atoms with van der Waals surface area (Å²) >= 11 is 0. The van der Waals surface area contributed by atoms with Crippen LogP contribution in [-0.4, -0.2) is 42.7 Å². The molecule has 4 nitrogen and oxygen atoms in total. The highest BCUT2D eigenvalue weighted by Crippen LogP contribution is 2.24. The molecule has 1 aliphatic rings. The van der Waals surface area contributed by atoms with Crippen molar-refractivity contribution in [3.63, 3.8) is 0 Å². The minimum Gasteiger partial charge on any atom is -0.368 e. The predicted octanol–water partition coefficient (Wildman–Crippen LogP) is 2.10. The number of hydrogen-bond acceptors (Lipinski definition) is 3. The Morgan fingerprint density at radius 1 is 1.05 bits per heavy atom. The first-order valence-electron chi connectivity index (χ1n) is 6.89. The normalized spacial score (nSPS) is 16.1. The summed E-state index contributed by atoms with van der Waals surface area (Å²) in [5.41, 5.74) is 2.83. The Labute approximate surface area is 119 Å². The van der Waals surface area contributed by atoms with Crippen LogP contribution in [0.1, 0.15) is 5.56 Å². The summed E-state index contributed by atoms with van der Waals surface area (Å²) in [6.45, 7) is 4.05. The van der Waals surface area contributed by atoms with Crippen molar-refractivity contribution in [1.82, 2.24) is 9.47 Å². The quantitative estimate of drug-likeness (QED) is 0.835. The van der Waals surface area contributed by atoms with E-state index in [1.54, 1.807) is 0 Å². The number of nitrogens with zero attached hydrogens (tertiary/aromatic N) is 4. The maximum Gasteiger partial charge on any atom is 0.101 e. The molecule has 1 aliphatic heterocycles. The van der Waals surface area contributed by atoms with E-state index < -0.39 is 0 Å². The molecule has 0 unspecified atom stereocenters. The van der Waals surface area contributed by atoms with Gasteiger partial charge in [-0.15, -0.1) is 0 Å². The number of rotatable bonds is 2. The lowest BCUT2D eigenvalue weighted by Crippen LogP contribution is -2.44. The van der Waals surface area contributed by atoms with E-state index in [1.165, 1.54) is 0 Å². The molecule has 0 spiro atoms. The molecule has 1 aromatic heterocycles. The minimum atomic E-state index is 0.751. The highest BCUT2D eigenvalue weighted by Gasteiger charge is 2.17. The number of benzene rings is 1. The molecule has 0 bridgehead atoms. The SMILES string of the molecule is CN1CCN(c2ccc(-n3cccc3)cc2C#N)CC1. The van der Waals surface area contributed by atoms with E-state index in [1.807, 2.05) is 35.2 Å². The lowest BCUT2D eigenvalue weighted by Gasteiger charge is -2.34. The van der Waals surface area contributed by atoms with Gasteiger partial charge in [-0.2, -0.15) is 5.26 Å². The second-order valence-electron chi connectivity index (χ2n) is 5.19. The van der Waals surface area contributed by atoms with Gasteiger partial charge >= 0.3 is 0 Å². The van der Waals surface area contributed by atoms with Crippen LogP contribution in [-0.2, 0) is 0 Å².